The Hall–Kier alpha value is -2.76. The lowest BCUT2D eigenvalue weighted by Crippen LogP contribution is -2.19. The fourth-order valence-electron chi connectivity index (χ4n) is 4.92. The van der Waals surface area contributed by atoms with Crippen LogP contribution >= 0.6 is 23.5 Å². The van der Waals surface area contributed by atoms with Gasteiger partial charge >= 0.3 is 0 Å². The monoisotopic (exact) mass is 500 g/mol. The first-order chi connectivity index (χ1) is 17.3. The Balaban J connectivity index is 1.51. The second-order valence-corrected chi connectivity index (χ2v) is 11.6. The molecule has 3 aliphatic rings. The molecule has 0 aliphatic carbocycles. The van der Waals surface area contributed by atoms with Crippen LogP contribution in [0.4, 0.5) is 0 Å². The van der Waals surface area contributed by atoms with Gasteiger partial charge in [-0.3, -0.25) is 0 Å². The van der Waals surface area contributed by atoms with E-state index in [0.717, 1.165) is 53.1 Å². The van der Waals surface area contributed by atoms with E-state index in [1.54, 1.807) is 7.11 Å². The van der Waals surface area contributed by atoms with Crippen molar-refractivity contribution in [1.29, 1.82) is 0 Å². The van der Waals surface area contributed by atoms with E-state index in [9.17, 15) is 0 Å². The van der Waals surface area contributed by atoms with E-state index in [4.69, 9.17) is 14.2 Å². The van der Waals surface area contributed by atoms with Gasteiger partial charge in [0, 0.05) is 23.5 Å². The Kier molecular flexibility index (Phi) is 6.53. The number of hydrogen-bond acceptors (Lipinski definition) is 5. The molecule has 1 unspecified atom stereocenters. The van der Waals surface area contributed by atoms with Crippen molar-refractivity contribution in [1.82, 2.24) is 0 Å². The summed E-state index contributed by atoms with van der Waals surface area (Å²) in [6, 6.07) is 25.6. The van der Waals surface area contributed by atoms with Crippen molar-refractivity contribution in [3.05, 3.63) is 107 Å². The molecule has 5 heteroatoms. The molecule has 0 N–H and O–H groups in total. The number of allylic oxidation sites excluding steroid dienone is 2. The number of rotatable bonds is 5. The quantitative estimate of drug-likeness (QED) is 0.364. The van der Waals surface area contributed by atoms with Gasteiger partial charge in [0.05, 0.1) is 13.7 Å². The van der Waals surface area contributed by atoms with Crippen LogP contribution in [0.3, 0.4) is 0 Å². The number of benzene rings is 3. The summed E-state index contributed by atoms with van der Waals surface area (Å²) in [5.41, 5.74) is 6.14. The van der Waals surface area contributed by atoms with Gasteiger partial charge in [-0.1, -0.05) is 42.5 Å². The number of methoxy groups -OCH3 is 1. The highest BCUT2D eigenvalue weighted by Gasteiger charge is 2.34. The first kappa shape index (κ1) is 22.7. The van der Waals surface area contributed by atoms with Crippen molar-refractivity contribution >= 4 is 34.9 Å². The van der Waals surface area contributed by atoms with Crippen molar-refractivity contribution in [3.63, 3.8) is 0 Å². The third-order valence-electron chi connectivity index (χ3n) is 6.69. The summed E-state index contributed by atoms with van der Waals surface area (Å²) in [5.74, 6) is 6.27. The minimum Gasteiger partial charge on any atom is -0.497 e. The average Bonchev–Trinajstić information content (AvgIpc) is 3.41. The van der Waals surface area contributed by atoms with E-state index in [1.807, 2.05) is 35.7 Å². The Morgan fingerprint density at radius 3 is 2.46 bits per heavy atom. The summed E-state index contributed by atoms with van der Waals surface area (Å²) in [7, 11) is 1.70. The van der Waals surface area contributed by atoms with Gasteiger partial charge < -0.3 is 14.2 Å². The maximum Gasteiger partial charge on any atom is 0.132 e. The van der Waals surface area contributed by atoms with Crippen LogP contribution in [-0.4, -0.2) is 29.8 Å². The molecule has 3 aromatic rings. The zero-order valence-corrected chi connectivity index (χ0v) is 21.4. The number of ether oxygens (including phenoxy) is 3. The molecule has 35 heavy (non-hydrogen) atoms. The minimum atomic E-state index is 0.0901. The third kappa shape index (κ3) is 4.60. The fraction of sp³-hybridized carbons (Fsp3) is 0.267. The van der Waals surface area contributed by atoms with E-state index >= 15 is 0 Å². The summed E-state index contributed by atoms with van der Waals surface area (Å²) in [4.78, 5) is 0. The second-order valence-electron chi connectivity index (χ2n) is 8.88. The van der Waals surface area contributed by atoms with Crippen LogP contribution < -0.4 is 9.47 Å². The molecule has 0 amide bonds. The van der Waals surface area contributed by atoms with Crippen molar-refractivity contribution in [2.75, 3.05) is 25.2 Å². The molecule has 1 atom stereocenters. The third-order valence-corrected chi connectivity index (χ3v) is 9.59. The molecular formula is C30H28O3S2. The summed E-state index contributed by atoms with van der Waals surface area (Å²) in [6.45, 7) is 0.765. The van der Waals surface area contributed by atoms with Crippen molar-refractivity contribution in [2.24, 2.45) is 0 Å². The zero-order valence-electron chi connectivity index (χ0n) is 19.7. The molecule has 3 nitrogen and oxygen atoms in total. The standard InChI is InChI=1S/C30H28O3S2/c1-31-24-11-8-20(9-12-24)27-19-25(22-10-13-26-23(18-22)14-15-32-26)28(21-6-3-2-4-7-21)29(33-27)30-34-16-5-17-35-30/h2-4,6-13,18-19,25,30H,5,14-17H2,1H3. The summed E-state index contributed by atoms with van der Waals surface area (Å²) in [5, 5.41) is 0. The van der Waals surface area contributed by atoms with Gasteiger partial charge in [0.15, 0.2) is 0 Å². The molecule has 178 valence electrons. The Morgan fingerprint density at radius 1 is 0.886 bits per heavy atom. The predicted octanol–water partition coefficient (Wildman–Crippen LogP) is 7.39. The van der Waals surface area contributed by atoms with Crippen molar-refractivity contribution < 1.29 is 14.2 Å². The van der Waals surface area contributed by atoms with E-state index in [0.29, 0.717) is 0 Å². The summed E-state index contributed by atoms with van der Waals surface area (Å²) < 4.78 is 18.3. The normalized spacial score (nSPS) is 20.0. The molecule has 6 rings (SSSR count). The Labute approximate surface area is 215 Å². The first-order valence-corrected chi connectivity index (χ1v) is 14.2. The molecule has 0 aromatic heterocycles. The highest BCUT2D eigenvalue weighted by Crippen LogP contribution is 2.49. The van der Waals surface area contributed by atoms with Crippen LogP contribution in [0.25, 0.3) is 11.3 Å². The largest absolute Gasteiger partial charge is 0.497 e. The maximum absolute atomic E-state index is 6.83. The highest BCUT2D eigenvalue weighted by molar-refractivity contribution is 8.17. The number of hydrogen-bond donors (Lipinski definition) is 0. The molecule has 0 bridgehead atoms. The van der Waals surface area contributed by atoms with Crippen LogP contribution in [-0.2, 0) is 11.2 Å². The summed E-state index contributed by atoms with van der Waals surface area (Å²) >= 11 is 4.00. The Bertz CT molecular complexity index is 1260. The van der Waals surface area contributed by atoms with Gasteiger partial charge in [-0.05, 0) is 71.0 Å². The fourth-order valence-corrected chi connectivity index (χ4v) is 7.77. The van der Waals surface area contributed by atoms with E-state index in [-0.39, 0.29) is 10.5 Å². The molecule has 3 aromatic carbocycles. The van der Waals surface area contributed by atoms with E-state index in [1.165, 1.54) is 28.7 Å². The van der Waals surface area contributed by atoms with E-state index in [2.05, 4.69) is 66.7 Å². The lowest BCUT2D eigenvalue weighted by atomic mass is 9.83. The lowest BCUT2D eigenvalue weighted by Gasteiger charge is -2.33. The van der Waals surface area contributed by atoms with Gasteiger partial charge in [-0.2, -0.15) is 0 Å². The topological polar surface area (TPSA) is 27.7 Å². The molecule has 1 fully saturated rings. The lowest BCUT2D eigenvalue weighted by molar-refractivity contribution is 0.357. The molecule has 0 radical (unpaired) electrons. The molecular weight excluding hydrogens is 472 g/mol. The van der Waals surface area contributed by atoms with Crippen molar-refractivity contribution in [3.8, 4) is 11.5 Å². The summed E-state index contributed by atoms with van der Waals surface area (Å²) in [6.07, 6.45) is 4.51. The van der Waals surface area contributed by atoms with Gasteiger partial charge in [-0.25, -0.2) is 0 Å². The molecule has 0 spiro atoms. The zero-order chi connectivity index (χ0) is 23.6. The van der Waals surface area contributed by atoms with Gasteiger partial charge in [-0.15, -0.1) is 23.5 Å². The second kappa shape index (κ2) is 10.1. The van der Waals surface area contributed by atoms with Crippen molar-refractivity contribution in [2.45, 2.75) is 23.3 Å². The maximum atomic E-state index is 6.83. The molecule has 0 saturated carbocycles. The van der Waals surface area contributed by atoms with Crippen LogP contribution in [0, 0.1) is 0 Å². The van der Waals surface area contributed by atoms with Crippen LogP contribution in [0.1, 0.15) is 34.6 Å². The first-order valence-electron chi connectivity index (χ1n) is 12.1. The smallest absolute Gasteiger partial charge is 0.132 e. The van der Waals surface area contributed by atoms with E-state index < -0.39 is 0 Å². The minimum absolute atomic E-state index is 0.0901. The van der Waals surface area contributed by atoms with Crippen LogP contribution in [0.5, 0.6) is 11.5 Å². The van der Waals surface area contributed by atoms with Gasteiger partial charge in [0.25, 0.3) is 0 Å². The Morgan fingerprint density at radius 2 is 1.69 bits per heavy atom. The molecule has 3 heterocycles. The number of fused-ring (bicyclic) bond motifs is 1. The van der Waals surface area contributed by atoms with Crippen LogP contribution in [0.15, 0.2) is 84.6 Å². The van der Waals surface area contributed by atoms with Gasteiger partial charge in [0.2, 0.25) is 0 Å². The molecule has 1 saturated heterocycles. The van der Waals surface area contributed by atoms with Crippen LogP contribution in [0.2, 0.25) is 0 Å². The van der Waals surface area contributed by atoms with Gasteiger partial charge in [0.1, 0.15) is 27.6 Å². The molecule has 3 aliphatic heterocycles. The number of thioether (sulfide) groups is 2. The SMILES string of the molecule is COc1ccc(C2=CC(c3ccc4c(c3)CCO4)C(c3ccccc3)=C(C3SCCCS3)O2)cc1. The predicted molar refractivity (Wildman–Crippen MR) is 147 cm³/mol. The highest BCUT2D eigenvalue weighted by atomic mass is 32.2. The average molecular weight is 501 g/mol.